The smallest absolute Gasteiger partial charge is 0.0838 e. The van der Waals surface area contributed by atoms with Crippen molar-refractivity contribution in [3.05, 3.63) is 0 Å². The summed E-state index contributed by atoms with van der Waals surface area (Å²) >= 11 is 0. The van der Waals surface area contributed by atoms with E-state index in [2.05, 4.69) is 12.7 Å². The van der Waals surface area contributed by atoms with Crippen molar-refractivity contribution >= 4 is 8.58 Å². The van der Waals surface area contributed by atoms with E-state index in [0.29, 0.717) is 8.58 Å². The van der Waals surface area contributed by atoms with Crippen LogP contribution in [0.15, 0.2) is 0 Å². The SMILES string of the molecule is CCCCCPC#N. The molecule has 0 bridgehead atoms. The molecule has 0 aliphatic carbocycles. The number of nitriles is 1. The molecule has 0 rings (SSSR count). The van der Waals surface area contributed by atoms with Crippen LogP contribution in [0.3, 0.4) is 0 Å². The molecule has 0 aromatic heterocycles. The molecular weight excluding hydrogens is 117 g/mol. The molecule has 8 heavy (non-hydrogen) atoms. The summed E-state index contributed by atoms with van der Waals surface area (Å²) < 4.78 is 0. The molecule has 0 saturated carbocycles. The van der Waals surface area contributed by atoms with Gasteiger partial charge in [-0.15, -0.1) is 0 Å². The van der Waals surface area contributed by atoms with Crippen LogP contribution in [-0.2, 0) is 0 Å². The summed E-state index contributed by atoms with van der Waals surface area (Å²) in [5.41, 5.74) is 0. The number of hydrogen-bond acceptors (Lipinski definition) is 1. The maximum absolute atomic E-state index is 8.13. The highest BCUT2D eigenvalue weighted by molar-refractivity contribution is 7.43. The third kappa shape index (κ3) is 5.92. The quantitative estimate of drug-likeness (QED) is 0.422. The number of rotatable bonds is 4. The minimum absolute atomic E-state index is 0.530. The summed E-state index contributed by atoms with van der Waals surface area (Å²) in [5, 5.41) is 8.13. The average Bonchev–Trinajstić information content (AvgIpc) is 1.81. The zero-order chi connectivity index (χ0) is 6.24. The Kier molecular flexibility index (Phi) is 6.85. The fourth-order valence-electron chi connectivity index (χ4n) is 0.519. The summed E-state index contributed by atoms with van der Waals surface area (Å²) in [7, 11) is 0.530. The first-order valence-electron chi connectivity index (χ1n) is 3.03. The third-order valence-corrected chi connectivity index (χ3v) is 1.75. The van der Waals surface area contributed by atoms with E-state index in [1.807, 2.05) is 0 Å². The van der Waals surface area contributed by atoms with Crippen LogP contribution in [0.4, 0.5) is 0 Å². The summed E-state index contributed by atoms with van der Waals surface area (Å²) in [6.07, 6.45) is 4.90. The van der Waals surface area contributed by atoms with E-state index < -0.39 is 0 Å². The predicted octanol–water partition coefficient (Wildman–Crippen LogP) is 2.34. The van der Waals surface area contributed by atoms with Gasteiger partial charge < -0.3 is 0 Å². The van der Waals surface area contributed by atoms with E-state index in [1.165, 1.54) is 19.3 Å². The van der Waals surface area contributed by atoms with Gasteiger partial charge in [0, 0.05) is 0 Å². The van der Waals surface area contributed by atoms with E-state index in [9.17, 15) is 0 Å². The molecule has 0 aliphatic heterocycles. The molecule has 0 amide bonds. The van der Waals surface area contributed by atoms with Gasteiger partial charge in [-0.05, 0) is 21.2 Å². The highest BCUT2D eigenvalue weighted by Gasteiger charge is 1.83. The highest BCUT2D eigenvalue weighted by Crippen LogP contribution is 2.09. The van der Waals surface area contributed by atoms with Crippen molar-refractivity contribution in [3.8, 4) is 5.81 Å². The molecule has 0 N–H and O–H groups in total. The van der Waals surface area contributed by atoms with Crippen molar-refractivity contribution in [1.29, 1.82) is 5.26 Å². The number of nitrogens with zero attached hydrogens (tertiary/aromatic N) is 1. The van der Waals surface area contributed by atoms with Crippen LogP contribution < -0.4 is 0 Å². The normalized spacial score (nSPS) is 10.0. The van der Waals surface area contributed by atoms with Gasteiger partial charge in [0.15, 0.2) is 0 Å². The highest BCUT2D eigenvalue weighted by atomic mass is 31.1. The number of unbranched alkanes of at least 4 members (excludes halogenated alkanes) is 2. The Morgan fingerprint density at radius 1 is 1.50 bits per heavy atom. The molecule has 2 heteroatoms. The van der Waals surface area contributed by atoms with Crippen molar-refractivity contribution < 1.29 is 0 Å². The molecule has 1 unspecified atom stereocenters. The first-order chi connectivity index (χ1) is 3.91. The Morgan fingerprint density at radius 3 is 2.75 bits per heavy atom. The lowest BCUT2D eigenvalue weighted by Crippen LogP contribution is -1.73. The van der Waals surface area contributed by atoms with Gasteiger partial charge in [0.25, 0.3) is 0 Å². The van der Waals surface area contributed by atoms with Gasteiger partial charge in [0.1, 0.15) is 0 Å². The summed E-state index contributed by atoms with van der Waals surface area (Å²) in [5.74, 6) is 2.15. The second-order valence-electron chi connectivity index (χ2n) is 1.75. The van der Waals surface area contributed by atoms with Crippen molar-refractivity contribution in [1.82, 2.24) is 0 Å². The van der Waals surface area contributed by atoms with Gasteiger partial charge in [-0.25, -0.2) is 0 Å². The zero-order valence-corrected chi connectivity index (χ0v) is 6.28. The standard InChI is InChI=1S/C6H12NP/c1-2-3-4-5-8-6-7/h8H,2-5H2,1H3. The molecule has 46 valence electrons. The van der Waals surface area contributed by atoms with Gasteiger partial charge in [0.05, 0.1) is 5.81 Å². The van der Waals surface area contributed by atoms with Crippen LogP contribution in [0.1, 0.15) is 26.2 Å². The van der Waals surface area contributed by atoms with Crippen LogP contribution in [0.2, 0.25) is 0 Å². The molecule has 0 heterocycles. The second kappa shape index (κ2) is 6.92. The predicted molar refractivity (Wildman–Crippen MR) is 38.3 cm³/mol. The van der Waals surface area contributed by atoms with Gasteiger partial charge in [-0.1, -0.05) is 19.8 Å². The van der Waals surface area contributed by atoms with Crippen LogP contribution in [0, 0.1) is 11.1 Å². The van der Waals surface area contributed by atoms with E-state index in [1.54, 1.807) is 0 Å². The van der Waals surface area contributed by atoms with Crippen LogP contribution in [0.25, 0.3) is 0 Å². The Hall–Kier alpha value is -0.0800. The lowest BCUT2D eigenvalue weighted by Gasteiger charge is -1.89. The first kappa shape index (κ1) is 7.92. The Balaban J connectivity index is 2.65. The fourth-order valence-corrected chi connectivity index (χ4v) is 1.06. The van der Waals surface area contributed by atoms with Crippen molar-refractivity contribution in [2.45, 2.75) is 26.2 Å². The van der Waals surface area contributed by atoms with Gasteiger partial charge in [-0.2, -0.15) is 5.26 Å². The van der Waals surface area contributed by atoms with Crippen LogP contribution in [0.5, 0.6) is 0 Å². The third-order valence-electron chi connectivity index (χ3n) is 0.984. The molecule has 1 atom stereocenters. The van der Waals surface area contributed by atoms with Crippen molar-refractivity contribution in [2.24, 2.45) is 0 Å². The van der Waals surface area contributed by atoms with Gasteiger partial charge >= 0.3 is 0 Å². The second-order valence-corrected chi connectivity index (χ2v) is 2.82. The van der Waals surface area contributed by atoms with Crippen LogP contribution in [-0.4, -0.2) is 6.16 Å². The lowest BCUT2D eigenvalue weighted by molar-refractivity contribution is 0.778. The Labute approximate surface area is 52.9 Å². The average molecular weight is 129 g/mol. The monoisotopic (exact) mass is 129 g/mol. The maximum Gasteiger partial charge on any atom is 0.0838 e. The first-order valence-corrected chi connectivity index (χ1v) is 4.24. The van der Waals surface area contributed by atoms with E-state index >= 15 is 0 Å². The minimum Gasteiger partial charge on any atom is -0.194 e. The molecule has 0 spiro atoms. The lowest BCUT2D eigenvalue weighted by atomic mass is 10.3. The van der Waals surface area contributed by atoms with E-state index in [-0.39, 0.29) is 0 Å². The van der Waals surface area contributed by atoms with Crippen molar-refractivity contribution in [3.63, 3.8) is 0 Å². The van der Waals surface area contributed by atoms with Gasteiger partial charge in [-0.3, -0.25) is 0 Å². The topological polar surface area (TPSA) is 23.8 Å². The van der Waals surface area contributed by atoms with Crippen molar-refractivity contribution in [2.75, 3.05) is 6.16 Å². The van der Waals surface area contributed by atoms with E-state index in [0.717, 1.165) is 6.16 Å². The number of hydrogen-bond donors (Lipinski definition) is 0. The fraction of sp³-hybridized carbons (Fsp3) is 0.833. The van der Waals surface area contributed by atoms with Gasteiger partial charge in [0.2, 0.25) is 0 Å². The molecule has 1 nitrogen and oxygen atoms in total. The molecule has 0 saturated heterocycles. The molecule has 0 radical (unpaired) electrons. The summed E-state index contributed by atoms with van der Waals surface area (Å²) in [4.78, 5) is 0. The summed E-state index contributed by atoms with van der Waals surface area (Å²) in [6.45, 7) is 2.18. The zero-order valence-electron chi connectivity index (χ0n) is 5.28. The Bertz CT molecular complexity index is 75.1. The minimum atomic E-state index is 0.530. The van der Waals surface area contributed by atoms with Crippen LogP contribution >= 0.6 is 8.58 Å². The van der Waals surface area contributed by atoms with E-state index in [4.69, 9.17) is 5.26 Å². The Morgan fingerprint density at radius 2 is 2.25 bits per heavy atom. The molecule has 0 aromatic rings. The maximum atomic E-state index is 8.13. The molecule has 0 fully saturated rings. The molecular formula is C6H12NP. The molecule has 0 aromatic carbocycles. The largest absolute Gasteiger partial charge is 0.194 e. The summed E-state index contributed by atoms with van der Waals surface area (Å²) in [6, 6.07) is 0. The molecule has 0 aliphatic rings.